The van der Waals surface area contributed by atoms with Gasteiger partial charge in [-0.1, -0.05) is 146 Å². The summed E-state index contributed by atoms with van der Waals surface area (Å²) >= 11 is 0. The van der Waals surface area contributed by atoms with Crippen LogP contribution < -0.4 is 4.48 Å². The maximum Gasteiger partial charge on any atom is 0.137 e. The first kappa shape index (κ1) is 31.4. The number of unbranched alkanes of at least 4 members (excludes halogenated alkanes) is 17. The number of rotatable bonds is 21. The van der Waals surface area contributed by atoms with Crippen molar-refractivity contribution >= 4 is 11.4 Å². The van der Waals surface area contributed by atoms with E-state index >= 15 is 0 Å². The van der Waals surface area contributed by atoms with E-state index in [4.69, 9.17) is 0 Å². The van der Waals surface area contributed by atoms with Gasteiger partial charge in [0.25, 0.3) is 0 Å². The van der Waals surface area contributed by atoms with Crippen molar-refractivity contribution in [3.05, 3.63) is 60.7 Å². The summed E-state index contributed by atoms with van der Waals surface area (Å²) in [7, 11) is 2.37. The van der Waals surface area contributed by atoms with Crippen molar-refractivity contribution < 1.29 is 5.48 Å². The van der Waals surface area contributed by atoms with Gasteiger partial charge in [0, 0.05) is 0 Å². The standard InChI is InChI=1S/C33H54N.H2O/c1-3-4-5-6-7-8-9-10-11-12-13-14-15-16-17-18-19-26-31-34(2,32-27-22-20-23-28-32)33-29-24-21-25-30-33;/h20-25,27-30H,3-19,26,31H2,1-2H3;1H2/q+1;/p-1. The molecule has 0 aliphatic rings. The average Bonchev–Trinajstić information content (AvgIpc) is 2.89. The van der Waals surface area contributed by atoms with Gasteiger partial charge in [0.1, 0.15) is 11.4 Å². The van der Waals surface area contributed by atoms with E-state index in [0.29, 0.717) is 0 Å². The van der Waals surface area contributed by atoms with Crippen LogP contribution >= 0.6 is 0 Å². The van der Waals surface area contributed by atoms with Gasteiger partial charge in [-0.3, -0.25) is 4.48 Å². The summed E-state index contributed by atoms with van der Waals surface area (Å²) in [5.74, 6) is 0. The smallest absolute Gasteiger partial charge is 0.137 e. The summed E-state index contributed by atoms with van der Waals surface area (Å²) in [6.07, 6.45) is 25.8. The SMILES string of the molecule is CCCCCCCCCCCCCCCCCCCC[N+](C)(c1ccccc1)c1ccccc1.[OH-]. The molecular formula is C33H55NO. The lowest BCUT2D eigenvalue weighted by Gasteiger charge is -2.33. The van der Waals surface area contributed by atoms with Crippen LogP contribution in [0.25, 0.3) is 0 Å². The summed E-state index contributed by atoms with van der Waals surface area (Å²) in [5.41, 5.74) is 2.78. The van der Waals surface area contributed by atoms with Crippen molar-refractivity contribution in [1.29, 1.82) is 0 Å². The molecule has 0 aromatic heterocycles. The van der Waals surface area contributed by atoms with Crippen LogP contribution in [0.1, 0.15) is 122 Å². The van der Waals surface area contributed by atoms with Crippen LogP contribution in [0.3, 0.4) is 0 Å². The Bertz CT molecular complexity index is 660. The van der Waals surface area contributed by atoms with E-state index in [1.54, 1.807) is 0 Å². The molecule has 0 saturated heterocycles. The zero-order valence-corrected chi connectivity index (χ0v) is 23.1. The molecule has 0 heterocycles. The zero-order valence-electron chi connectivity index (χ0n) is 23.1. The van der Waals surface area contributed by atoms with E-state index < -0.39 is 0 Å². The number of benzene rings is 2. The van der Waals surface area contributed by atoms with E-state index in [9.17, 15) is 0 Å². The van der Waals surface area contributed by atoms with Crippen molar-refractivity contribution in [3.8, 4) is 0 Å². The number of quaternary nitrogens is 1. The fraction of sp³-hybridized carbons (Fsp3) is 0.636. The van der Waals surface area contributed by atoms with Crippen LogP contribution in [0, 0.1) is 0 Å². The lowest BCUT2D eigenvalue weighted by atomic mass is 10.0. The third-order valence-corrected chi connectivity index (χ3v) is 7.61. The second-order valence-electron chi connectivity index (χ2n) is 10.6. The molecule has 0 atom stereocenters. The summed E-state index contributed by atoms with van der Waals surface area (Å²) in [4.78, 5) is 0. The lowest BCUT2D eigenvalue weighted by molar-refractivity contribution is 0.429. The van der Waals surface area contributed by atoms with Gasteiger partial charge in [-0.2, -0.15) is 0 Å². The Balaban J connectivity index is 0.00000612. The Morgan fingerprint density at radius 3 is 1.03 bits per heavy atom. The molecule has 2 aromatic carbocycles. The largest absolute Gasteiger partial charge is 0.870 e. The average molecular weight is 482 g/mol. The molecule has 0 spiro atoms. The van der Waals surface area contributed by atoms with E-state index in [1.807, 2.05) is 0 Å². The van der Waals surface area contributed by atoms with Crippen molar-refractivity contribution in [2.75, 3.05) is 13.6 Å². The Labute approximate surface area is 218 Å². The highest BCUT2D eigenvalue weighted by Crippen LogP contribution is 2.33. The lowest BCUT2D eigenvalue weighted by Crippen LogP contribution is -2.40. The van der Waals surface area contributed by atoms with Gasteiger partial charge in [0.15, 0.2) is 0 Å². The van der Waals surface area contributed by atoms with Crippen LogP contribution in [-0.4, -0.2) is 19.1 Å². The first-order chi connectivity index (χ1) is 16.8. The topological polar surface area (TPSA) is 30.0 Å². The molecule has 0 fully saturated rings. The quantitative estimate of drug-likeness (QED) is 0.129. The van der Waals surface area contributed by atoms with E-state index in [-0.39, 0.29) is 5.48 Å². The highest BCUT2D eigenvalue weighted by molar-refractivity contribution is 5.57. The number of hydrogen-bond donors (Lipinski definition) is 0. The molecule has 0 radical (unpaired) electrons. The van der Waals surface area contributed by atoms with Gasteiger partial charge >= 0.3 is 0 Å². The first-order valence-corrected chi connectivity index (χ1v) is 14.7. The Morgan fingerprint density at radius 1 is 0.429 bits per heavy atom. The van der Waals surface area contributed by atoms with E-state index in [0.717, 1.165) is 4.48 Å². The van der Waals surface area contributed by atoms with Crippen molar-refractivity contribution in [3.63, 3.8) is 0 Å². The minimum atomic E-state index is 0. The number of hydrogen-bond acceptors (Lipinski definition) is 1. The van der Waals surface area contributed by atoms with Crippen molar-refractivity contribution in [2.24, 2.45) is 0 Å². The Morgan fingerprint density at radius 2 is 0.714 bits per heavy atom. The Hall–Kier alpha value is -1.64. The zero-order chi connectivity index (χ0) is 24.2. The first-order valence-electron chi connectivity index (χ1n) is 14.7. The maximum absolute atomic E-state index is 2.37. The Kier molecular flexibility index (Phi) is 18.4. The number of para-hydroxylation sites is 2. The molecular weight excluding hydrogens is 426 g/mol. The van der Waals surface area contributed by atoms with Crippen molar-refractivity contribution in [1.82, 2.24) is 4.48 Å². The van der Waals surface area contributed by atoms with Gasteiger partial charge in [-0.05, 0) is 37.1 Å². The fourth-order valence-electron chi connectivity index (χ4n) is 5.25. The third-order valence-electron chi connectivity index (χ3n) is 7.61. The maximum atomic E-state index is 2.37. The molecule has 0 aliphatic carbocycles. The molecule has 0 amide bonds. The normalized spacial score (nSPS) is 11.4. The van der Waals surface area contributed by atoms with Gasteiger partial charge in [0.2, 0.25) is 0 Å². The van der Waals surface area contributed by atoms with Crippen molar-refractivity contribution in [2.45, 2.75) is 122 Å². The molecule has 0 bridgehead atoms. The third kappa shape index (κ3) is 13.3. The van der Waals surface area contributed by atoms with E-state index in [2.05, 4.69) is 74.6 Å². The van der Waals surface area contributed by atoms with Crippen LogP contribution in [0.2, 0.25) is 0 Å². The summed E-state index contributed by atoms with van der Waals surface area (Å²) < 4.78 is 0.903. The summed E-state index contributed by atoms with van der Waals surface area (Å²) in [5, 5.41) is 0. The van der Waals surface area contributed by atoms with E-state index in [1.165, 1.54) is 133 Å². The monoisotopic (exact) mass is 481 g/mol. The minimum Gasteiger partial charge on any atom is -0.870 e. The van der Waals surface area contributed by atoms with Gasteiger partial charge in [0.05, 0.1) is 13.6 Å². The van der Waals surface area contributed by atoms with Gasteiger partial charge < -0.3 is 5.48 Å². The molecule has 0 aliphatic heterocycles. The highest BCUT2D eigenvalue weighted by atomic mass is 16.0. The van der Waals surface area contributed by atoms with Crippen LogP contribution in [0.15, 0.2) is 60.7 Å². The van der Waals surface area contributed by atoms with Crippen LogP contribution in [0.4, 0.5) is 11.4 Å². The predicted molar refractivity (Wildman–Crippen MR) is 156 cm³/mol. The highest BCUT2D eigenvalue weighted by Gasteiger charge is 2.27. The predicted octanol–water partition coefficient (Wildman–Crippen LogP) is 10.8. The molecule has 2 nitrogen and oxygen atoms in total. The summed E-state index contributed by atoms with van der Waals surface area (Å²) in [6, 6.07) is 22.0. The molecule has 0 unspecified atom stereocenters. The fourth-order valence-corrected chi connectivity index (χ4v) is 5.25. The molecule has 1 N–H and O–H groups in total. The summed E-state index contributed by atoms with van der Waals surface area (Å²) in [6.45, 7) is 3.47. The number of nitrogens with zero attached hydrogens (tertiary/aromatic N) is 1. The van der Waals surface area contributed by atoms with Crippen LogP contribution in [-0.2, 0) is 0 Å². The van der Waals surface area contributed by atoms with Gasteiger partial charge in [-0.25, -0.2) is 0 Å². The van der Waals surface area contributed by atoms with Crippen LogP contribution in [0.5, 0.6) is 0 Å². The van der Waals surface area contributed by atoms with Gasteiger partial charge in [-0.15, -0.1) is 0 Å². The molecule has 2 heteroatoms. The molecule has 0 saturated carbocycles. The molecule has 2 rings (SSSR count). The second kappa shape index (κ2) is 20.5. The molecule has 35 heavy (non-hydrogen) atoms. The molecule has 198 valence electrons. The molecule has 2 aromatic rings. The minimum absolute atomic E-state index is 0. The second-order valence-corrected chi connectivity index (χ2v) is 10.6.